The molecule has 1 aromatic heterocycles. The average Bonchev–Trinajstić information content (AvgIpc) is 2.95. The standard InChI is InChI=1S/C23H29N2/c1-16(2)19-11-9-12-20(17(3)4)23(19)22-14-15-24(6)25(22)21-13-8-7-10-18(21)5/h7-17H,1-6H3/q+1. The molecule has 0 aliphatic rings. The molecule has 0 radical (unpaired) electrons. The van der Waals surface area contributed by atoms with Crippen LogP contribution in [0, 0.1) is 6.92 Å². The molecule has 0 aliphatic heterocycles. The Morgan fingerprint density at radius 2 is 1.40 bits per heavy atom. The van der Waals surface area contributed by atoms with E-state index in [-0.39, 0.29) is 0 Å². The molecule has 3 aromatic rings. The smallest absolute Gasteiger partial charge is 0.120 e. The first-order valence-electron chi connectivity index (χ1n) is 9.18. The molecule has 0 N–H and O–H groups in total. The van der Waals surface area contributed by atoms with Crippen molar-refractivity contribution in [2.75, 3.05) is 0 Å². The van der Waals surface area contributed by atoms with Crippen LogP contribution in [0.4, 0.5) is 0 Å². The minimum Gasteiger partial charge on any atom is -0.120 e. The number of hydrogen-bond acceptors (Lipinski definition) is 0. The predicted molar refractivity (Wildman–Crippen MR) is 105 cm³/mol. The van der Waals surface area contributed by atoms with Gasteiger partial charge in [-0.05, 0) is 41.5 Å². The molecular formula is C23H29N2+. The second-order valence-electron chi connectivity index (χ2n) is 7.49. The highest BCUT2D eigenvalue weighted by Gasteiger charge is 2.23. The number of nitrogens with zero attached hydrogens (tertiary/aromatic N) is 2. The molecule has 1 heterocycles. The molecule has 25 heavy (non-hydrogen) atoms. The van der Waals surface area contributed by atoms with Crippen molar-refractivity contribution in [3.05, 3.63) is 71.4 Å². The van der Waals surface area contributed by atoms with Crippen molar-refractivity contribution in [3.8, 4) is 16.9 Å². The van der Waals surface area contributed by atoms with Crippen molar-refractivity contribution in [2.45, 2.75) is 46.5 Å². The van der Waals surface area contributed by atoms with Gasteiger partial charge in [-0.15, -0.1) is 9.36 Å². The minimum absolute atomic E-state index is 0.485. The van der Waals surface area contributed by atoms with Crippen LogP contribution in [0.3, 0.4) is 0 Å². The Hall–Kier alpha value is -2.35. The summed E-state index contributed by atoms with van der Waals surface area (Å²) in [6.45, 7) is 11.3. The lowest BCUT2D eigenvalue weighted by Crippen LogP contribution is -2.37. The molecule has 0 atom stereocenters. The van der Waals surface area contributed by atoms with Crippen LogP contribution in [-0.4, -0.2) is 4.68 Å². The summed E-state index contributed by atoms with van der Waals surface area (Å²) < 4.78 is 4.52. The lowest BCUT2D eigenvalue weighted by atomic mass is 9.87. The van der Waals surface area contributed by atoms with Crippen LogP contribution in [0.2, 0.25) is 0 Å². The quantitative estimate of drug-likeness (QED) is 0.556. The lowest BCUT2D eigenvalue weighted by molar-refractivity contribution is -0.743. The van der Waals surface area contributed by atoms with Gasteiger partial charge in [-0.2, -0.15) is 0 Å². The number of para-hydroxylation sites is 1. The molecule has 0 spiro atoms. The van der Waals surface area contributed by atoms with Crippen molar-refractivity contribution < 1.29 is 4.68 Å². The van der Waals surface area contributed by atoms with Crippen molar-refractivity contribution in [3.63, 3.8) is 0 Å². The molecule has 130 valence electrons. The van der Waals surface area contributed by atoms with Gasteiger partial charge in [0.2, 0.25) is 0 Å². The van der Waals surface area contributed by atoms with E-state index < -0.39 is 0 Å². The Bertz CT molecular complexity index is 859. The van der Waals surface area contributed by atoms with E-state index in [4.69, 9.17) is 0 Å². The van der Waals surface area contributed by atoms with Gasteiger partial charge < -0.3 is 0 Å². The second-order valence-corrected chi connectivity index (χ2v) is 7.49. The number of aromatic nitrogens is 2. The summed E-state index contributed by atoms with van der Waals surface area (Å²) in [6.07, 6.45) is 2.16. The van der Waals surface area contributed by atoms with Crippen molar-refractivity contribution >= 4 is 0 Å². The summed E-state index contributed by atoms with van der Waals surface area (Å²) in [5.74, 6) is 0.971. The summed E-state index contributed by atoms with van der Waals surface area (Å²) in [7, 11) is 2.11. The van der Waals surface area contributed by atoms with E-state index in [9.17, 15) is 0 Å². The number of benzene rings is 2. The highest BCUT2D eigenvalue weighted by atomic mass is 15.4. The molecule has 0 saturated heterocycles. The first-order valence-corrected chi connectivity index (χ1v) is 9.18. The molecule has 0 fully saturated rings. The van der Waals surface area contributed by atoms with Crippen molar-refractivity contribution in [1.29, 1.82) is 0 Å². The summed E-state index contributed by atoms with van der Waals surface area (Å²) in [4.78, 5) is 0. The number of rotatable bonds is 4. The van der Waals surface area contributed by atoms with Gasteiger partial charge in [0.15, 0.2) is 13.2 Å². The first-order chi connectivity index (χ1) is 11.9. The van der Waals surface area contributed by atoms with Gasteiger partial charge in [-0.3, -0.25) is 0 Å². The Balaban J connectivity index is 2.35. The third kappa shape index (κ3) is 3.13. The minimum atomic E-state index is 0.485. The van der Waals surface area contributed by atoms with Crippen LogP contribution < -0.4 is 4.68 Å². The molecule has 0 saturated carbocycles. The molecule has 2 nitrogen and oxygen atoms in total. The predicted octanol–water partition coefficient (Wildman–Crippen LogP) is 5.52. The molecule has 0 aliphatic carbocycles. The monoisotopic (exact) mass is 333 g/mol. The summed E-state index contributed by atoms with van der Waals surface area (Å²) in [6, 6.07) is 17.6. The third-order valence-electron chi connectivity index (χ3n) is 4.96. The topological polar surface area (TPSA) is 8.81 Å². The highest BCUT2D eigenvalue weighted by molar-refractivity contribution is 5.71. The summed E-state index contributed by atoms with van der Waals surface area (Å²) in [5.41, 5.74) is 8.00. The first kappa shape index (κ1) is 17.5. The maximum absolute atomic E-state index is 2.34. The Kier molecular flexibility index (Phi) is 4.80. The van der Waals surface area contributed by atoms with E-state index in [0.717, 1.165) is 0 Å². The Morgan fingerprint density at radius 3 is 1.96 bits per heavy atom. The van der Waals surface area contributed by atoms with Crippen LogP contribution in [0.15, 0.2) is 54.7 Å². The zero-order valence-electron chi connectivity index (χ0n) is 16.2. The maximum Gasteiger partial charge on any atom is 0.196 e. The zero-order chi connectivity index (χ0) is 18.1. The van der Waals surface area contributed by atoms with Gasteiger partial charge in [0.05, 0.1) is 0 Å². The van der Waals surface area contributed by atoms with Gasteiger partial charge in [0, 0.05) is 11.6 Å². The maximum atomic E-state index is 2.34. The molecule has 0 unspecified atom stereocenters. The summed E-state index contributed by atoms with van der Waals surface area (Å²) in [5, 5.41) is 0. The van der Waals surface area contributed by atoms with E-state index in [0.29, 0.717) is 11.8 Å². The number of hydrogen-bond donors (Lipinski definition) is 0. The summed E-state index contributed by atoms with van der Waals surface area (Å²) >= 11 is 0. The largest absolute Gasteiger partial charge is 0.196 e. The number of aryl methyl sites for hydroxylation is 2. The van der Waals surface area contributed by atoms with E-state index >= 15 is 0 Å². The molecule has 2 heteroatoms. The van der Waals surface area contributed by atoms with Crippen LogP contribution in [-0.2, 0) is 7.05 Å². The normalized spacial score (nSPS) is 11.5. The van der Waals surface area contributed by atoms with Crippen LogP contribution in [0.5, 0.6) is 0 Å². The third-order valence-corrected chi connectivity index (χ3v) is 4.96. The molecule has 0 amide bonds. The van der Waals surface area contributed by atoms with E-state index in [1.54, 1.807) is 0 Å². The molecular weight excluding hydrogens is 304 g/mol. The SMILES string of the molecule is Cc1ccccc1-n1c(-c2c(C(C)C)cccc2C(C)C)cc[n+]1C. The lowest BCUT2D eigenvalue weighted by Gasteiger charge is -2.20. The van der Waals surface area contributed by atoms with E-state index in [1.807, 2.05) is 0 Å². The van der Waals surface area contributed by atoms with Crippen molar-refractivity contribution in [1.82, 2.24) is 4.68 Å². The molecule has 3 rings (SSSR count). The van der Waals surface area contributed by atoms with Gasteiger partial charge in [-0.25, -0.2) is 0 Å². The average molecular weight is 333 g/mol. The second kappa shape index (κ2) is 6.87. The molecule has 0 bridgehead atoms. The fourth-order valence-electron chi connectivity index (χ4n) is 3.62. The van der Waals surface area contributed by atoms with Gasteiger partial charge in [0.1, 0.15) is 11.4 Å². The van der Waals surface area contributed by atoms with Gasteiger partial charge in [0.25, 0.3) is 0 Å². The zero-order valence-corrected chi connectivity index (χ0v) is 16.2. The van der Waals surface area contributed by atoms with Crippen molar-refractivity contribution in [2.24, 2.45) is 7.05 Å². The fourth-order valence-corrected chi connectivity index (χ4v) is 3.62. The van der Waals surface area contributed by atoms with E-state index in [2.05, 4.69) is 106 Å². The highest BCUT2D eigenvalue weighted by Crippen LogP contribution is 2.36. The van der Waals surface area contributed by atoms with E-state index in [1.165, 1.54) is 33.6 Å². The van der Waals surface area contributed by atoms with Gasteiger partial charge >= 0.3 is 0 Å². The Morgan fingerprint density at radius 1 is 0.800 bits per heavy atom. The van der Waals surface area contributed by atoms with Crippen LogP contribution in [0.25, 0.3) is 16.9 Å². The fraction of sp³-hybridized carbons (Fsp3) is 0.348. The van der Waals surface area contributed by atoms with Gasteiger partial charge in [-0.1, -0.05) is 64.1 Å². The van der Waals surface area contributed by atoms with Crippen LogP contribution >= 0.6 is 0 Å². The van der Waals surface area contributed by atoms with Crippen LogP contribution in [0.1, 0.15) is 56.2 Å². The molecule has 2 aromatic carbocycles. The Labute approximate surface area is 151 Å².